The number of ether oxygens (including phenoxy) is 1. The molecule has 0 fully saturated rings. The quantitative estimate of drug-likeness (QED) is 0.690. The lowest BCUT2D eigenvalue weighted by Crippen LogP contribution is -2.03. The van der Waals surface area contributed by atoms with E-state index in [0.29, 0.717) is 15.9 Å². The molecule has 112 valence electrons. The van der Waals surface area contributed by atoms with Gasteiger partial charge in [0.1, 0.15) is 5.52 Å². The number of hydrogen-bond acceptors (Lipinski definition) is 4. The molecule has 0 bridgehead atoms. The van der Waals surface area contributed by atoms with Gasteiger partial charge in [-0.25, -0.2) is 14.2 Å². The molecule has 0 atom stereocenters. The molecule has 0 amide bonds. The van der Waals surface area contributed by atoms with Gasteiger partial charge in [-0.05, 0) is 34.1 Å². The van der Waals surface area contributed by atoms with Gasteiger partial charge in [0.25, 0.3) is 0 Å². The van der Waals surface area contributed by atoms with Gasteiger partial charge in [-0.3, -0.25) is 0 Å². The van der Waals surface area contributed by atoms with Gasteiger partial charge in [-0.2, -0.15) is 0 Å². The van der Waals surface area contributed by atoms with Crippen LogP contribution in [0.15, 0.2) is 40.9 Å². The van der Waals surface area contributed by atoms with Gasteiger partial charge in [-0.15, -0.1) is 0 Å². The number of nitrogens with one attached hydrogen (secondary N) is 2. The van der Waals surface area contributed by atoms with E-state index in [1.807, 2.05) is 30.3 Å². The molecule has 0 radical (unpaired) electrons. The van der Waals surface area contributed by atoms with E-state index in [9.17, 15) is 9.18 Å². The number of hydrogen-bond donors (Lipinski definition) is 2. The van der Waals surface area contributed by atoms with E-state index in [0.717, 1.165) is 11.8 Å². The minimum Gasteiger partial charge on any atom is -0.465 e. The number of imidazole rings is 1. The van der Waals surface area contributed by atoms with E-state index in [1.54, 1.807) is 0 Å². The van der Waals surface area contributed by atoms with Crippen LogP contribution >= 0.6 is 15.9 Å². The Morgan fingerprint density at radius 3 is 2.77 bits per heavy atom. The number of para-hydroxylation sites is 1. The third kappa shape index (κ3) is 2.55. The van der Waals surface area contributed by atoms with E-state index >= 15 is 0 Å². The van der Waals surface area contributed by atoms with Crippen LogP contribution in [-0.2, 0) is 4.74 Å². The van der Waals surface area contributed by atoms with E-state index in [1.165, 1.54) is 7.11 Å². The Hall–Kier alpha value is -2.41. The smallest absolute Gasteiger partial charge is 0.339 e. The molecular weight excluding hydrogens is 353 g/mol. The molecule has 7 heteroatoms. The molecule has 2 N–H and O–H groups in total. The number of carbonyl (C=O) groups is 1. The summed E-state index contributed by atoms with van der Waals surface area (Å²) in [6, 6.07) is 10.5. The summed E-state index contributed by atoms with van der Waals surface area (Å²) in [5, 5.41) is 3.04. The molecular formula is C15H11BrFN3O2. The molecule has 0 saturated carbocycles. The van der Waals surface area contributed by atoms with Crippen LogP contribution in [0.2, 0.25) is 0 Å². The number of anilines is 2. The summed E-state index contributed by atoms with van der Waals surface area (Å²) in [5.74, 6) is -0.848. The minimum atomic E-state index is -0.625. The highest BCUT2D eigenvalue weighted by atomic mass is 79.9. The fourth-order valence-electron chi connectivity index (χ4n) is 2.07. The predicted molar refractivity (Wildman–Crippen MR) is 84.8 cm³/mol. The maximum Gasteiger partial charge on any atom is 0.339 e. The van der Waals surface area contributed by atoms with Gasteiger partial charge in [0, 0.05) is 5.69 Å². The first-order valence-corrected chi connectivity index (χ1v) is 7.17. The molecule has 0 aliphatic heterocycles. The average Bonchev–Trinajstić information content (AvgIpc) is 2.96. The van der Waals surface area contributed by atoms with E-state index < -0.39 is 11.8 Å². The summed E-state index contributed by atoms with van der Waals surface area (Å²) in [5.41, 5.74) is 1.44. The normalized spacial score (nSPS) is 10.7. The van der Waals surface area contributed by atoms with Gasteiger partial charge in [-0.1, -0.05) is 18.2 Å². The molecule has 5 nitrogen and oxygen atoms in total. The molecule has 0 aliphatic rings. The number of benzene rings is 2. The Labute approximate surface area is 133 Å². The van der Waals surface area contributed by atoms with Crippen molar-refractivity contribution in [3.63, 3.8) is 0 Å². The largest absolute Gasteiger partial charge is 0.465 e. The van der Waals surface area contributed by atoms with E-state index in [2.05, 4.69) is 36.0 Å². The second kappa shape index (κ2) is 5.76. The van der Waals surface area contributed by atoms with Crippen molar-refractivity contribution < 1.29 is 13.9 Å². The fourth-order valence-corrected chi connectivity index (χ4v) is 2.64. The van der Waals surface area contributed by atoms with Gasteiger partial charge in [0.05, 0.1) is 22.7 Å². The van der Waals surface area contributed by atoms with Crippen molar-refractivity contribution in [3.8, 4) is 0 Å². The van der Waals surface area contributed by atoms with Gasteiger partial charge in [0.2, 0.25) is 5.95 Å². The topological polar surface area (TPSA) is 67.0 Å². The zero-order valence-electron chi connectivity index (χ0n) is 11.5. The van der Waals surface area contributed by atoms with Crippen molar-refractivity contribution >= 4 is 44.6 Å². The number of rotatable bonds is 3. The molecule has 3 rings (SSSR count). The number of carbonyl (C=O) groups excluding carboxylic acids is 1. The monoisotopic (exact) mass is 363 g/mol. The number of methoxy groups -OCH3 is 1. The molecule has 0 aliphatic carbocycles. The summed E-state index contributed by atoms with van der Waals surface area (Å²) in [4.78, 5) is 18.8. The van der Waals surface area contributed by atoms with Gasteiger partial charge < -0.3 is 15.0 Å². The molecule has 1 heterocycles. The number of H-pyrrole nitrogens is 1. The predicted octanol–water partition coefficient (Wildman–Crippen LogP) is 3.99. The standard InChI is InChI=1S/C15H11BrFN3O2/c1-22-14(21)9-7-10(17)12-13(11(9)16)20-15(19-12)18-8-5-3-2-4-6-8/h2-7H,1H3,(H2,18,19,20). The van der Waals surface area contributed by atoms with Crippen molar-refractivity contribution in [1.82, 2.24) is 9.97 Å². The molecule has 0 unspecified atom stereocenters. The lowest BCUT2D eigenvalue weighted by molar-refractivity contribution is 0.0599. The van der Waals surface area contributed by atoms with Crippen LogP contribution in [0.4, 0.5) is 16.0 Å². The Bertz CT molecular complexity index is 849. The third-order valence-electron chi connectivity index (χ3n) is 3.10. The summed E-state index contributed by atoms with van der Waals surface area (Å²) < 4.78 is 19.2. The zero-order chi connectivity index (χ0) is 15.7. The first-order chi connectivity index (χ1) is 10.6. The first-order valence-electron chi connectivity index (χ1n) is 6.38. The van der Waals surface area contributed by atoms with Crippen LogP contribution < -0.4 is 5.32 Å². The SMILES string of the molecule is COC(=O)c1cc(F)c2nc(Nc3ccccc3)[nH]c2c1Br. The van der Waals surface area contributed by atoms with Crippen molar-refractivity contribution in [2.75, 3.05) is 12.4 Å². The lowest BCUT2D eigenvalue weighted by atomic mass is 10.2. The number of fused-ring (bicyclic) bond motifs is 1. The lowest BCUT2D eigenvalue weighted by Gasteiger charge is -2.03. The Morgan fingerprint density at radius 1 is 1.36 bits per heavy atom. The summed E-state index contributed by atoms with van der Waals surface area (Å²) >= 11 is 3.29. The van der Waals surface area contributed by atoms with Crippen molar-refractivity contribution in [2.45, 2.75) is 0 Å². The first kappa shape index (κ1) is 14.5. The van der Waals surface area contributed by atoms with Gasteiger partial charge in [0.15, 0.2) is 5.82 Å². The zero-order valence-corrected chi connectivity index (χ0v) is 13.1. The van der Waals surface area contributed by atoms with E-state index in [4.69, 9.17) is 0 Å². The summed E-state index contributed by atoms with van der Waals surface area (Å²) in [6.07, 6.45) is 0. The van der Waals surface area contributed by atoms with Crippen molar-refractivity contribution in [3.05, 3.63) is 52.3 Å². The third-order valence-corrected chi connectivity index (χ3v) is 3.92. The van der Waals surface area contributed by atoms with Crippen LogP contribution in [0, 0.1) is 5.82 Å². The highest BCUT2D eigenvalue weighted by molar-refractivity contribution is 9.10. The van der Waals surface area contributed by atoms with E-state index in [-0.39, 0.29) is 11.1 Å². The minimum absolute atomic E-state index is 0.0995. The maximum absolute atomic E-state index is 14.1. The average molecular weight is 364 g/mol. The van der Waals surface area contributed by atoms with Crippen molar-refractivity contribution in [2.24, 2.45) is 0 Å². The summed E-state index contributed by atoms with van der Waals surface area (Å²) in [6.45, 7) is 0. The number of esters is 1. The fraction of sp³-hybridized carbons (Fsp3) is 0.0667. The van der Waals surface area contributed by atoms with Gasteiger partial charge >= 0.3 is 5.97 Å². The highest BCUT2D eigenvalue weighted by Gasteiger charge is 2.19. The number of aromatic amines is 1. The Morgan fingerprint density at radius 2 is 2.09 bits per heavy atom. The van der Waals surface area contributed by atoms with Crippen LogP contribution in [0.25, 0.3) is 11.0 Å². The second-order valence-electron chi connectivity index (χ2n) is 4.51. The molecule has 3 aromatic rings. The second-order valence-corrected chi connectivity index (χ2v) is 5.30. The number of aromatic nitrogens is 2. The molecule has 0 spiro atoms. The number of halogens is 2. The molecule has 0 saturated heterocycles. The van der Waals surface area contributed by atoms with Crippen LogP contribution in [0.1, 0.15) is 10.4 Å². The Kier molecular flexibility index (Phi) is 3.81. The maximum atomic E-state index is 14.1. The molecule has 2 aromatic carbocycles. The Balaban J connectivity index is 2.08. The van der Waals surface area contributed by atoms with Crippen molar-refractivity contribution in [1.29, 1.82) is 0 Å². The molecule has 22 heavy (non-hydrogen) atoms. The van der Waals surface area contributed by atoms with Crippen LogP contribution in [0.3, 0.4) is 0 Å². The van der Waals surface area contributed by atoms with Crippen LogP contribution in [-0.4, -0.2) is 23.0 Å². The molecule has 1 aromatic heterocycles. The summed E-state index contributed by atoms with van der Waals surface area (Å²) in [7, 11) is 1.24. The van der Waals surface area contributed by atoms with Crippen LogP contribution in [0.5, 0.6) is 0 Å². The number of nitrogens with zero attached hydrogens (tertiary/aromatic N) is 1. The highest BCUT2D eigenvalue weighted by Crippen LogP contribution is 2.30.